The minimum atomic E-state index is -0.929. The zero-order chi connectivity index (χ0) is 13.0. The molecule has 0 spiro atoms. The van der Waals surface area contributed by atoms with E-state index in [1.807, 2.05) is 42.5 Å². The molecule has 0 amide bonds. The van der Waals surface area contributed by atoms with Crippen LogP contribution in [-0.4, -0.2) is 16.9 Å². The average molecular weight is 242 g/mol. The van der Waals surface area contributed by atoms with Crippen molar-refractivity contribution in [3.05, 3.63) is 48.0 Å². The summed E-state index contributed by atoms with van der Waals surface area (Å²) >= 11 is 0. The first kappa shape index (κ1) is 12.3. The number of benzene rings is 2. The van der Waals surface area contributed by atoms with Gasteiger partial charge in [0.05, 0.1) is 6.42 Å². The van der Waals surface area contributed by atoms with Crippen molar-refractivity contribution in [2.24, 2.45) is 0 Å². The van der Waals surface area contributed by atoms with Gasteiger partial charge in [-0.05, 0) is 16.3 Å². The van der Waals surface area contributed by atoms with Crippen molar-refractivity contribution in [1.29, 1.82) is 0 Å². The van der Waals surface area contributed by atoms with Crippen LogP contribution < -0.4 is 0 Å². The fourth-order valence-corrected chi connectivity index (χ4v) is 1.91. The molecule has 92 valence electrons. The second-order valence-electron chi connectivity index (χ2n) is 4.29. The first-order chi connectivity index (χ1) is 8.65. The van der Waals surface area contributed by atoms with E-state index in [2.05, 4.69) is 0 Å². The van der Waals surface area contributed by atoms with Gasteiger partial charge in [-0.3, -0.25) is 9.59 Å². The van der Waals surface area contributed by atoms with Crippen molar-refractivity contribution in [3.8, 4) is 0 Å². The van der Waals surface area contributed by atoms with E-state index in [-0.39, 0.29) is 18.6 Å². The summed E-state index contributed by atoms with van der Waals surface area (Å²) in [6, 6.07) is 13.8. The molecular formula is C15H14O3. The first-order valence-corrected chi connectivity index (χ1v) is 5.86. The molecule has 0 fully saturated rings. The summed E-state index contributed by atoms with van der Waals surface area (Å²) in [7, 11) is 0. The van der Waals surface area contributed by atoms with E-state index in [9.17, 15) is 9.59 Å². The van der Waals surface area contributed by atoms with E-state index < -0.39 is 5.97 Å². The smallest absolute Gasteiger partial charge is 0.303 e. The Hall–Kier alpha value is -2.16. The molecule has 0 aliphatic heterocycles. The highest BCUT2D eigenvalue weighted by atomic mass is 16.4. The molecule has 2 aromatic rings. The lowest BCUT2D eigenvalue weighted by atomic mass is 10.0. The van der Waals surface area contributed by atoms with Gasteiger partial charge in [-0.2, -0.15) is 0 Å². The van der Waals surface area contributed by atoms with Crippen LogP contribution >= 0.6 is 0 Å². The summed E-state index contributed by atoms with van der Waals surface area (Å²) < 4.78 is 0. The Morgan fingerprint density at radius 3 is 2.39 bits per heavy atom. The van der Waals surface area contributed by atoms with Crippen molar-refractivity contribution >= 4 is 22.5 Å². The number of carbonyl (C=O) groups is 2. The Balaban J connectivity index is 2.07. The lowest BCUT2D eigenvalue weighted by molar-refractivity contribution is -0.138. The van der Waals surface area contributed by atoms with Crippen LogP contribution in [0.2, 0.25) is 0 Å². The summed E-state index contributed by atoms with van der Waals surface area (Å²) in [4.78, 5) is 22.0. The minimum Gasteiger partial charge on any atom is -0.481 e. The summed E-state index contributed by atoms with van der Waals surface area (Å²) in [6.07, 6.45) is 0.312. The molecule has 0 saturated heterocycles. The summed E-state index contributed by atoms with van der Waals surface area (Å²) in [5.41, 5.74) is 0.934. The SMILES string of the molecule is O=C(O)CCC(=O)Cc1ccc2ccccc2c1. The van der Waals surface area contributed by atoms with Gasteiger partial charge >= 0.3 is 5.97 Å². The summed E-state index contributed by atoms with van der Waals surface area (Å²) in [5, 5.41) is 10.8. The maximum atomic E-state index is 11.6. The number of hydrogen-bond donors (Lipinski definition) is 1. The van der Waals surface area contributed by atoms with Crippen LogP contribution in [0.5, 0.6) is 0 Å². The second-order valence-corrected chi connectivity index (χ2v) is 4.29. The standard InChI is InChI=1S/C15H14O3/c16-14(7-8-15(17)18)10-11-5-6-12-3-1-2-4-13(12)9-11/h1-6,9H,7-8,10H2,(H,17,18). The lowest BCUT2D eigenvalue weighted by Crippen LogP contribution is -2.06. The van der Waals surface area contributed by atoms with E-state index in [0.717, 1.165) is 16.3 Å². The number of rotatable bonds is 5. The van der Waals surface area contributed by atoms with Gasteiger partial charge in [-0.25, -0.2) is 0 Å². The number of carboxylic acids is 1. The fraction of sp³-hybridized carbons (Fsp3) is 0.200. The summed E-state index contributed by atoms with van der Waals surface area (Å²) in [5.74, 6) is -0.963. The molecule has 0 bridgehead atoms. The van der Waals surface area contributed by atoms with Gasteiger partial charge < -0.3 is 5.11 Å². The highest BCUT2D eigenvalue weighted by Gasteiger charge is 2.07. The molecule has 3 heteroatoms. The highest BCUT2D eigenvalue weighted by Crippen LogP contribution is 2.16. The molecule has 3 nitrogen and oxygen atoms in total. The molecule has 18 heavy (non-hydrogen) atoms. The van der Waals surface area contributed by atoms with E-state index in [0.29, 0.717) is 6.42 Å². The van der Waals surface area contributed by atoms with E-state index >= 15 is 0 Å². The molecule has 1 N–H and O–H groups in total. The highest BCUT2D eigenvalue weighted by molar-refractivity contribution is 5.87. The van der Waals surface area contributed by atoms with E-state index in [4.69, 9.17) is 5.11 Å². The lowest BCUT2D eigenvalue weighted by Gasteiger charge is -2.03. The molecule has 2 aromatic carbocycles. The van der Waals surface area contributed by atoms with Gasteiger partial charge in [-0.1, -0.05) is 42.5 Å². The molecule has 0 aliphatic rings. The zero-order valence-corrected chi connectivity index (χ0v) is 9.93. The predicted octanol–water partition coefficient (Wildman–Crippen LogP) is 2.82. The quantitative estimate of drug-likeness (QED) is 0.877. The maximum absolute atomic E-state index is 11.6. The molecule has 0 atom stereocenters. The number of hydrogen-bond acceptors (Lipinski definition) is 2. The topological polar surface area (TPSA) is 54.4 Å². The molecule has 0 aromatic heterocycles. The normalized spacial score (nSPS) is 10.4. The first-order valence-electron chi connectivity index (χ1n) is 5.86. The third-order valence-corrected chi connectivity index (χ3v) is 2.83. The Morgan fingerprint density at radius 1 is 0.944 bits per heavy atom. The number of Topliss-reactive ketones (excluding diaryl/α,β-unsaturated/α-hetero) is 1. The van der Waals surface area contributed by atoms with Crippen molar-refractivity contribution in [3.63, 3.8) is 0 Å². The zero-order valence-electron chi connectivity index (χ0n) is 9.93. The van der Waals surface area contributed by atoms with Gasteiger partial charge in [0.15, 0.2) is 0 Å². The maximum Gasteiger partial charge on any atom is 0.303 e. The van der Waals surface area contributed by atoms with Crippen molar-refractivity contribution in [1.82, 2.24) is 0 Å². The van der Waals surface area contributed by atoms with Crippen molar-refractivity contribution in [2.75, 3.05) is 0 Å². The van der Waals surface area contributed by atoms with Gasteiger partial charge in [-0.15, -0.1) is 0 Å². The Kier molecular flexibility index (Phi) is 3.72. The molecule has 0 saturated carbocycles. The molecular weight excluding hydrogens is 228 g/mol. The summed E-state index contributed by atoms with van der Waals surface area (Å²) in [6.45, 7) is 0. The number of ketones is 1. The number of aliphatic carboxylic acids is 1. The number of carboxylic acid groups (broad SMARTS) is 1. The largest absolute Gasteiger partial charge is 0.481 e. The van der Waals surface area contributed by atoms with Gasteiger partial charge in [0.25, 0.3) is 0 Å². The predicted molar refractivity (Wildman–Crippen MR) is 69.5 cm³/mol. The van der Waals surface area contributed by atoms with Gasteiger partial charge in [0.1, 0.15) is 5.78 Å². The monoisotopic (exact) mass is 242 g/mol. The molecule has 0 unspecified atom stereocenters. The minimum absolute atomic E-state index is 0.0346. The third kappa shape index (κ3) is 3.17. The fourth-order valence-electron chi connectivity index (χ4n) is 1.91. The van der Waals surface area contributed by atoms with Gasteiger partial charge in [0, 0.05) is 12.8 Å². The second kappa shape index (κ2) is 5.45. The van der Waals surface area contributed by atoms with E-state index in [1.165, 1.54) is 0 Å². The van der Waals surface area contributed by atoms with Crippen LogP contribution in [0.25, 0.3) is 10.8 Å². The van der Waals surface area contributed by atoms with Crippen LogP contribution in [0.15, 0.2) is 42.5 Å². The van der Waals surface area contributed by atoms with Crippen LogP contribution in [0.4, 0.5) is 0 Å². The Bertz CT molecular complexity index is 587. The average Bonchev–Trinajstić information content (AvgIpc) is 2.36. The Morgan fingerprint density at radius 2 is 1.67 bits per heavy atom. The van der Waals surface area contributed by atoms with Crippen LogP contribution in [0.3, 0.4) is 0 Å². The van der Waals surface area contributed by atoms with Crippen molar-refractivity contribution in [2.45, 2.75) is 19.3 Å². The Labute approximate surface area is 105 Å². The van der Waals surface area contributed by atoms with Crippen LogP contribution in [-0.2, 0) is 16.0 Å². The molecule has 2 rings (SSSR count). The van der Waals surface area contributed by atoms with Crippen molar-refractivity contribution < 1.29 is 14.7 Å². The van der Waals surface area contributed by atoms with Gasteiger partial charge in [0.2, 0.25) is 0 Å². The van der Waals surface area contributed by atoms with Crippen LogP contribution in [0, 0.1) is 0 Å². The third-order valence-electron chi connectivity index (χ3n) is 2.83. The molecule has 0 aliphatic carbocycles. The molecule has 0 radical (unpaired) electrons. The van der Waals surface area contributed by atoms with E-state index in [1.54, 1.807) is 0 Å². The van der Waals surface area contributed by atoms with Crippen LogP contribution in [0.1, 0.15) is 18.4 Å². The molecule has 0 heterocycles. The number of fused-ring (bicyclic) bond motifs is 1. The number of carbonyl (C=O) groups excluding carboxylic acids is 1.